The summed E-state index contributed by atoms with van der Waals surface area (Å²) >= 11 is 1.67. The third-order valence-electron chi connectivity index (χ3n) is 1.89. The highest BCUT2D eigenvalue weighted by Crippen LogP contribution is 2.22. The summed E-state index contributed by atoms with van der Waals surface area (Å²) in [6, 6.07) is 3.64. The Kier molecular flexibility index (Phi) is 3.15. The summed E-state index contributed by atoms with van der Waals surface area (Å²) in [4.78, 5) is 1.03. The maximum Gasteiger partial charge on any atom is 0.127 e. The van der Waals surface area contributed by atoms with Crippen LogP contribution in [0.2, 0.25) is 0 Å². The van der Waals surface area contributed by atoms with Gasteiger partial charge in [0.05, 0.1) is 0 Å². The van der Waals surface area contributed by atoms with Crippen molar-refractivity contribution in [3.8, 4) is 0 Å². The van der Waals surface area contributed by atoms with Gasteiger partial charge in [0.1, 0.15) is 5.82 Å². The van der Waals surface area contributed by atoms with Crippen molar-refractivity contribution in [3.63, 3.8) is 0 Å². The van der Waals surface area contributed by atoms with Crippen molar-refractivity contribution >= 4 is 11.8 Å². The molecule has 0 N–H and O–H groups in total. The number of halogens is 1. The van der Waals surface area contributed by atoms with Crippen LogP contribution in [-0.2, 0) is 0 Å². The molecule has 0 aliphatic carbocycles. The zero-order chi connectivity index (χ0) is 9.14. The van der Waals surface area contributed by atoms with E-state index in [0.29, 0.717) is 0 Å². The Morgan fingerprint density at radius 1 is 1.33 bits per heavy atom. The SMILES string of the molecule is CCSc1cc(C)c(C)c(F)c1. The number of rotatable bonds is 2. The quantitative estimate of drug-likeness (QED) is 0.633. The first kappa shape index (κ1) is 9.59. The summed E-state index contributed by atoms with van der Waals surface area (Å²) in [5, 5.41) is 0. The number of hydrogen-bond acceptors (Lipinski definition) is 1. The van der Waals surface area contributed by atoms with E-state index < -0.39 is 0 Å². The standard InChI is InChI=1S/C10H13FS/c1-4-12-9-5-7(2)8(3)10(11)6-9/h5-6H,4H2,1-3H3. The fourth-order valence-corrected chi connectivity index (χ4v) is 1.82. The highest BCUT2D eigenvalue weighted by molar-refractivity contribution is 7.99. The van der Waals surface area contributed by atoms with Gasteiger partial charge in [0, 0.05) is 4.90 Å². The minimum atomic E-state index is -0.0917. The maximum atomic E-state index is 13.2. The normalized spacial score (nSPS) is 10.3. The Morgan fingerprint density at radius 3 is 2.50 bits per heavy atom. The predicted octanol–water partition coefficient (Wildman–Crippen LogP) is 3.55. The van der Waals surface area contributed by atoms with Crippen LogP contribution in [0.1, 0.15) is 18.1 Å². The number of benzene rings is 1. The number of thioether (sulfide) groups is 1. The molecule has 2 heteroatoms. The Labute approximate surface area is 77.2 Å². The van der Waals surface area contributed by atoms with Gasteiger partial charge in [-0.25, -0.2) is 4.39 Å². The second kappa shape index (κ2) is 3.94. The molecule has 0 aliphatic rings. The fraction of sp³-hybridized carbons (Fsp3) is 0.400. The van der Waals surface area contributed by atoms with Crippen LogP contribution in [0.4, 0.5) is 4.39 Å². The molecule has 1 rings (SSSR count). The molecular formula is C10H13FS. The highest BCUT2D eigenvalue weighted by atomic mass is 32.2. The largest absolute Gasteiger partial charge is 0.207 e. The molecule has 0 radical (unpaired) electrons. The first-order valence-electron chi connectivity index (χ1n) is 4.04. The third kappa shape index (κ3) is 2.01. The smallest absolute Gasteiger partial charge is 0.127 e. The molecule has 0 saturated carbocycles. The molecule has 0 fully saturated rings. The molecule has 0 amide bonds. The summed E-state index contributed by atoms with van der Waals surface area (Å²) in [5.74, 6) is 0.896. The van der Waals surface area contributed by atoms with Gasteiger partial charge in [-0.15, -0.1) is 11.8 Å². The van der Waals surface area contributed by atoms with Crippen molar-refractivity contribution in [1.29, 1.82) is 0 Å². The lowest BCUT2D eigenvalue weighted by atomic mass is 10.1. The van der Waals surface area contributed by atoms with Crippen LogP contribution in [0.25, 0.3) is 0 Å². The van der Waals surface area contributed by atoms with Crippen molar-refractivity contribution in [2.75, 3.05) is 5.75 Å². The van der Waals surface area contributed by atoms with E-state index in [0.717, 1.165) is 21.8 Å². The fourth-order valence-electron chi connectivity index (χ4n) is 1.03. The minimum absolute atomic E-state index is 0.0917. The van der Waals surface area contributed by atoms with Crippen LogP contribution in [0.3, 0.4) is 0 Å². The molecule has 0 bridgehead atoms. The van der Waals surface area contributed by atoms with E-state index in [1.54, 1.807) is 17.8 Å². The van der Waals surface area contributed by atoms with Crippen LogP contribution >= 0.6 is 11.8 Å². The third-order valence-corrected chi connectivity index (χ3v) is 2.75. The Morgan fingerprint density at radius 2 is 2.00 bits per heavy atom. The molecule has 0 spiro atoms. The van der Waals surface area contributed by atoms with E-state index in [1.165, 1.54) is 0 Å². The zero-order valence-electron chi connectivity index (χ0n) is 7.65. The van der Waals surface area contributed by atoms with Crippen molar-refractivity contribution in [3.05, 3.63) is 29.1 Å². The van der Waals surface area contributed by atoms with Gasteiger partial charge in [0.25, 0.3) is 0 Å². The molecule has 12 heavy (non-hydrogen) atoms. The van der Waals surface area contributed by atoms with E-state index >= 15 is 0 Å². The number of aryl methyl sites for hydroxylation is 1. The van der Waals surface area contributed by atoms with Gasteiger partial charge < -0.3 is 0 Å². The average Bonchev–Trinajstić information content (AvgIpc) is 2.01. The van der Waals surface area contributed by atoms with Gasteiger partial charge >= 0.3 is 0 Å². The van der Waals surface area contributed by atoms with Crippen molar-refractivity contribution in [2.24, 2.45) is 0 Å². The second-order valence-electron chi connectivity index (χ2n) is 2.78. The van der Waals surface area contributed by atoms with Crippen molar-refractivity contribution in [2.45, 2.75) is 25.7 Å². The summed E-state index contributed by atoms with van der Waals surface area (Å²) < 4.78 is 13.2. The molecule has 0 aliphatic heterocycles. The van der Waals surface area contributed by atoms with Gasteiger partial charge in [0.15, 0.2) is 0 Å². The molecule has 0 saturated heterocycles. The minimum Gasteiger partial charge on any atom is -0.207 e. The molecule has 1 aromatic carbocycles. The van der Waals surface area contributed by atoms with Gasteiger partial charge in [-0.2, -0.15) is 0 Å². The van der Waals surface area contributed by atoms with Crippen LogP contribution in [0.5, 0.6) is 0 Å². The molecule has 0 nitrogen and oxygen atoms in total. The van der Waals surface area contributed by atoms with Gasteiger partial charge in [-0.05, 0) is 42.9 Å². The molecule has 1 aromatic rings. The van der Waals surface area contributed by atoms with E-state index in [9.17, 15) is 4.39 Å². The molecule has 0 aromatic heterocycles. The lowest BCUT2D eigenvalue weighted by Crippen LogP contribution is -1.88. The number of hydrogen-bond donors (Lipinski definition) is 0. The second-order valence-corrected chi connectivity index (χ2v) is 4.12. The molecule has 66 valence electrons. The molecule has 0 unspecified atom stereocenters. The van der Waals surface area contributed by atoms with Gasteiger partial charge in [0.2, 0.25) is 0 Å². The van der Waals surface area contributed by atoms with Crippen molar-refractivity contribution < 1.29 is 4.39 Å². The molecular weight excluding hydrogens is 171 g/mol. The van der Waals surface area contributed by atoms with Gasteiger partial charge in [-0.3, -0.25) is 0 Å². The van der Waals surface area contributed by atoms with Crippen LogP contribution in [0.15, 0.2) is 17.0 Å². The molecule has 0 heterocycles. The lowest BCUT2D eigenvalue weighted by Gasteiger charge is -2.04. The first-order chi connectivity index (χ1) is 5.65. The summed E-state index contributed by atoms with van der Waals surface area (Å²) in [5.41, 5.74) is 1.79. The van der Waals surface area contributed by atoms with E-state index in [-0.39, 0.29) is 5.82 Å². The average molecular weight is 184 g/mol. The topological polar surface area (TPSA) is 0 Å². The van der Waals surface area contributed by atoms with Crippen LogP contribution in [0, 0.1) is 19.7 Å². The van der Waals surface area contributed by atoms with Gasteiger partial charge in [-0.1, -0.05) is 6.92 Å². The van der Waals surface area contributed by atoms with E-state index in [2.05, 4.69) is 6.92 Å². The first-order valence-corrected chi connectivity index (χ1v) is 5.03. The van der Waals surface area contributed by atoms with E-state index in [1.807, 2.05) is 19.9 Å². The zero-order valence-corrected chi connectivity index (χ0v) is 8.46. The summed E-state index contributed by atoms with van der Waals surface area (Å²) in [6.07, 6.45) is 0. The van der Waals surface area contributed by atoms with Crippen molar-refractivity contribution in [1.82, 2.24) is 0 Å². The predicted molar refractivity (Wildman–Crippen MR) is 52.3 cm³/mol. The monoisotopic (exact) mass is 184 g/mol. The van der Waals surface area contributed by atoms with E-state index in [4.69, 9.17) is 0 Å². The summed E-state index contributed by atoms with van der Waals surface area (Å²) in [7, 11) is 0. The highest BCUT2D eigenvalue weighted by Gasteiger charge is 2.02. The maximum absolute atomic E-state index is 13.2. The Hall–Kier alpha value is -0.500. The Bertz CT molecular complexity index is 258. The molecule has 0 atom stereocenters. The lowest BCUT2D eigenvalue weighted by molar-refractivity contribution is 0.613. The van der Waals surface area contributed by atoms with Crippen LogP contribution in [-0.4, -0.2) is 5.75 Å². The Balaban J connectivity index is 3.04. The summed E-state index contributed by atoms with van der Waals surface area (Å²) in [6.45, 7) is 5.82. The van der Waals surface area contributed by atoms with Crippen LogP contribution < -0.4 is 0 Å².